The first-order valence-corrected chi connectivity index (χ1v) is 6.66. The molecule has 0 N–H and O–H groups in total. The van der Waals surface area contributed by atoms with Crippen LogP contribution < -0.4 is 0 Å². The van der Waals surface area contributed by atoms with E-state index in [2.05, 4.69) is 21.9 Å². The SMILES string of the molecule is [N-]=[N+]=NC(CF)(OCC#Cc1ccccc1)c1ccccc1. The highest BCUT2D eigenvalue weighted by molar-refractivity contribution is 5.33. The van der Waals surface area contributed by atoms with E-state index in [0.717, 1.165) is 5.56 Å². The standard InChI is InChI=1S/C17H14FN3O/c18-14-17(20-21-19,16-11-5-2-6-12-16)22-13-7-10-15-8-3-1-4-9-15/h1-6,8-9,11-12H,13-14H2. The van der Waals surface area contributed by atoms with Gasteiger partial charge in [-0.05, 0) is 23.2 Å². The lowest BCUT2D eigenvalue weighted by molar-refractivity contribution is -0.0455. The average Bonchev–Trinajstić information content (AvgIpc) is 2.59. The lowest BCUT2D eigenvalue weighted by atomic mass is 10.1. The highest BCUT2D eigenvalue weighted by Crippen LogP contribution is 2.28. The minimum absolute atomic E-state index is 0.0489. The molecule has 2 aromatic rings. The van der Waals surface area contributed by atoms with E-state index >= 15 is 0 Å². The summed E-state index contributed by atoms with van der Waals surface area (Å²) >= 11 is 0. The molecule has 0 aliphatic rings. The van der Waals surface area contributed by atoms with Crippen LogP contribution in [0.15, 0.2) is 65.8 Å². The van der Waals surface area contributed by atoms with Gasteiger partial charge in [0, 0.05) is 10.5 Å². The number of rotatable bonds is 5. The molecule has 1 unspecified atom stereocenters. The molecule has 0 aliphatic heterocycles. The summed E-state index contributed by atoms with van der Waals surface area (Å²) in [6, 6.07) is 17.9. The molecule has 2 aromatic carbocycles. The van der Waals surface area contributed by atoms with Gasteiger partial charge in [-0.2, -0.15) is 0 Å². The Balaban J connectivity index is 2.15. The number of ether oxygens (including phenoxy) is 1. The van der Waals surface area contributed by atoms with E-state index in [-0.39, 0.29) is 6.61 Å². The van der Waals surface area contributed by atoms with E-state index in [0.29, 0.717) is 5.56 Å². The van der Waals surface area contributed by atoms with Crippen molar-refractivity contribution in [3.05, 3.63) is 82.2 Å². The minimum Gasteiger partial charge on any atom is -0.349 e. The van der Waals surface area contributed by atoms with Crippen LogP contribution in [0, 0.1) is 11.8 Å². The van der Waals surface area contributed by atoms with Gasteiger partial charge in [-0.3, -0.25) is 0 Å². The zero-order valence-corrected chi connectivity index (χ0v) is 11.8. The molecule has 1 atom stereocenters. The van der Waals surface area contributed by atoms with Crippen LogP contribution in [0.3, 0.4) is 0 Å². The number of hydrogen-bond donors (Lipinski definition) is 0. The molecule has 0 radical (unpaired) electrons. The highest BCUT2D eigenvalue weighted by Gasteiger charge is 2.32. The maximum Gasteiger partial charge on any atom is 0.201 e. The van der Waals surface area contributed by atoms with Crippen molar-refractivity contribution in [1.29, 1.82) is 0 Å². The van der Waals surface area contributed by atoms with Gasteiger partial charge in [0.15, 0.2) is 0 Å². The van der Waals surface area contributed by atoms with Gasteiger partial charge in [0.25, 0.3) is 0 Å². The maximum absolute atomic E-state index is 13.5. The van der Waals surface area contributed by atoms with E-state index in [1.807, 2.05) is 30.3 Å². The van der Waals surface area contributed by atoms with Gasteiger partial charge in [0.1, 0.15) is 13.3 Å². The van der Waals surface area contributed by atoms with E-state index in [4.69, 9.17) is 10.3 Å². The Morgan fingerprint density at radius 1 is 1.09 bits per heavy atom. The van der Waals surface area contributed by atoms with Gasteiger partial charge in [-0.1, -0.05) is 65.5 Å². The van der Waals surface area contributed by atoms with Crippen molar-refractivity contribution in [3.63, 3.8) is 0 Å². The molecule has 0 bridgehead atoms. The summed E-state index contributed by atoms with van der Waals surface area (Å²) in [5.41, 5.74) is 8.31. The summed E-state index contributed by atoms with van der Waals surface area (Å²) in [6.07, 6.45) is 0. The number of hydrogen-bond acceptors (Lipinski definition) is 2. The Labute approximate surface area is 128 Å². The van der Waals surface area contributed by atoms with E-state index in [1.165, 1.54) is 0 Å². The van der Waals surface area contributed by atoms with Crippen molar-refractivity contribution in [3.8, 4) is 11.8 Å². The second kappa shape index (κ2) is 7.84. The molecule has 0 saturated carbocycles. The summed E-state index contributed by atoms with van der Waals surface area (Å²) in [5.74, 6) is 5.70. The quantitative estimate of drug-likeness (QED) is 0.353. The van der Waals surface area contributed by atoms with E-state index in [9.17, 15) is 4.39 Å². The molecule has 0 heterocycles. The van der Waals surface area contributed by atoms with Gasteiger partial charge in [0.05, 0.1) is 0 Å². The fraction of sp³-hybridized carbons (Fsp3) is 0.176. The van der Waals surface area contributed by atoms with Crippen molar-refractivity contribution in [2.45, 2.75) is 5.72 Å². The zero-order chi connectivity index (χ0) is 15.7. The van der Waals surface area contributed by atoms with Gasteiger partial charge in [-0.15, -0.1) is 0 Å². The summed E-state index contributed by atoms with van der Waals surface area (Å²) in [7, 11) is 0. The number of alkyl halides is 1. The normalized spacial score (nSPS) is 12.4. The Bertz CT molecular complexity index is 703. The van der Waals surface area contributed by atoms with Crippen molar-refractivity contribution >= 4 is 0 Å². The van der Waals surface area contributed by atoms with Gasteiger partial charge in [-0.25, -0.2) is 4.39 Å². The number of nitrogens with zero attached hydrogens (tertiary/aromatic N) is 3. The van der Waals surface area contributed by atoms with Crippen molar-refractivity contribution in [2.24, 2.45) is 5.11 Å². The van der Waals surface area contributed by atoms with Crippen molar-refractivity contribution < 1.29 is 9.13 Å². The first-order chi connectivity index (χ1) is 10.8. The van der Waals surface area contributed by atoms with Crippen molar-refractivity contribution in [2.75, 3.05) is 13.3 Å². The molecular formula is C17H14FN3O. The van der Waals surface area contributed by atoms with Crippen LogP contribution in [-0.4, -0.2) is 13.3 Å². The average molecular weight is 295 g/mol. The molecular weight excluding hydrogens is 281 g/mol. The number of halogens is 1. The molecule has 22 heavy (non-hydrogen) atoms. The largest absolute Gasteiger partial charge is 0.349 e. The molecule has 0 aliphatic carbocycles. The monoisotopic (exact) mass is 295 g/mol. The third-order valence-electron chi connectivity index (χ3n) is 3.00. The van der Waals surface area contributed by atoms with Gasteiger partial charge in [0.2, 0.25) is 5.72 Å². The Morgan fingerprint density at radius 2 is 1.73 bits per heavy atom. The summed E-state index contributed by atoms with van der Waals surface area (Å²) in [5, 5.41) is 3.50. The molecule has 0 amide bonds. The Hall–Kier alpha value is -2.80. The van der Waals surface area contributed by atoms with Gasteiger partial charge < -0.3 is 4.74 Å². The molecule has 2 rings (SSSR count). The maximum atomic E-state index is 13.5. The number of benzene rings is 2. The molecule has 0 saturated heterocycles. The highest BCUT2D eigenvalue weighted by atomic mass is 19.1. The van der Waals surface area contributed by atoms with Crippen LogP contribution in [0.25, 0.3) is 10.4 Å². The van der Waals surface area contributed by atoms with E-state index in [1.54, 1.807) is 30.3 Å². The summed E-state index contributed by atoms with van der Waals surface area (Å²) < 4.78 is 19.0. The summed E-state index contributed by atoms with van der Waals surface area (Å²) in [4.78, 5) is 2.70. The first kappa shape index (κ1) is 15.6. The fourth-order valence-electron chi connectivity index (χ4n) is 1.90. The lowest BCUT2D eigenvalue weighted by Gasteiger charge is -2.25. The predicted molar refractivity (Wildman–Crippen MR) is 82.5 cm³/mol. The van der Waals surface area contributed by atoms with Crippen LogP contribution >= 0.6 is 0 Å². The van der Waals surface area contributed by atoms with Gasteiger partial charge >= 0.3 is 0 Å². The zero-order valence-electron chi connectivity index (χ0n) is 11.8. The molecule has 4 nitrogen and oxygen atoms in total. The number of azide groups is 1. The second-order valence-electron chi connectivity index (χ2n) is 4.43. The second-order valence-corrected chi connectivity index (χ2v) is 4.43. The van der Waals surface area contributed by atoms with Crippen LogP contribution in [0.5, 0.6) is 0 Å². The van der Waals surface area contributed by atoms with Crippen LogP contribution in [-0.2, 0) is 10.5 Å². The third kappa shape index (κ3) is 3.86. The van der Waals surface area contributed by atoms with Crippen LogP contribution in [0.2, 0.25) is 0 Å². The van der Waals surface area contributed by atoms with Crippen LogP contribution in [0.4, 0.5) is 4.39 Å². The predicted octanol–water partition coefficient (Wildman–Crippen LogP) is 4.19. The molecule has 0 fully saturated rings. The minimum atomic E-state index is -1.68. The molecule has 5 heteroatoms. The Kier molecular flexibility index (Phi) is 5.56. The first-order valence-electron chi connectivity index (χ1n) is 6.66. The Morgan fingerprint density at radius 3 is 2.32 bits per heavy atom. The van der Waals surface area contributed by atoms with Crippen molar-refractivity contribution in [1.82, 2.24) is 0 Å². The van der Waals surface area contributed by atoms with Crippen LogP contribution in [0.1, 0.15) is 11.1 Å². The molecule has 0 spiro atoms. The fourth-order valence-corrected chi connectivity index (χ4v) is 1.90. The smallest absolute Gasteiger partial charge is 0.201 e. The third-order valence-corrected chi connectivity index (χ3v) is 3.00. The topological polar surface area (TPSA) is 58.0 Å². The molecule has 0 aromatic heterocycles. The molecule has 110 valence electrons. The van der Waals surface area contributed by atoms with E-state index < -0.39 is 12.4 Å². The lowest BCUT2D eigenvalue weighted by Crippen LogP contribution is -2.29. The summed E-state index contributed by atoms with van der Waals surface area (Å²) in [6.45, 7) is -1.01.